The van der Waals surface area contributed by atoms with Crippen LogP contribution < -0.4 is 0 Å². The number of esters is 1. The number of rotatable bonds is 0. The largest absolute Gasteiger partial charge is 0.461 e. The zero-order valence-electron chi connectivity index (χ0n) is 14.7. The van der Waals surface area contributed by atoms with Crippen LogP contribution in [-0.4, -0.2) is 23.3 Å². The molecule has 1 N–H and O–H groups in total. The lowest BCUT2D eigenvalue weighted by Gasteiger charge is -2.64. The van der Waals surface area contributed by atoms with Gasteiger partial charge in [-0.25, -0.2) is 0 Å². The van der Waals surface area contributed by atoms with E-state index in [1.807, 2.05) is 6.92 Å². The van der Waals surface area contributed by atoms with E-state index in [0.717, 1.165) is 24.8 Å². The highest BCUT2D eigenvalue weighted by Crippen LogP contribution is 2.67. The molecule has 0 amide bonds. The monoisotopic (exact) mass is 316 g/mol. The van der Waals surface area contributed by atoms with Crippen LogP contribution in [0.2, 0.25) is 0 Å². The van der Waals surface area contributed by atoms with Gasteiger partial charge in [0.05, 0.1) is 12.5 Å². The van der Waals surface area contributed by atoms with Gasteiger partial charge >= 0.3 is 5.97 Å². The molecule has 1 saturated carbocycles. The van der Waals surface area contributed by atoms with Crippen LogP contribution in [0, 0.1) is 22.7 Å². The van der Waals surface area contributed by atoms with E-state index >= 15 is 0 Å². The number of allylic oxidation sites excluding steroid dienone is 2. The highest BCUT2D eigenvalue weighted by Gasteiger charge is 2.64. The minimum absolute atomic E-state index is 0.0364. The molecule has 23 heavy (non-hydrogen) atoms. The van der Waals surface area contributed by atoms with Crippen molar-refractivity contribution in [1.82, 2.24) is 0 Å². The maximum Gasteiger partial charge on any atom is 0.310 e. The number of carbonyl (C=O) groups excluding carboxylic acids is 1. The third-order valence-electron chi connectivity index (χ3n) is 7.81. The fourth-order valence-corrected chi connectivity index (χ4v) is 6.48. The smallest absolute Gasteiger partial charge is 0.310 e. The summed E-state index contributed by atoms with van der Waals surface area (Å²) in [6.07, 6.45) is 6.33. The highest BCUT2D eigenvalue weighted by molar-refractivity contribution is 5.75. The summed E-state index contributed by atoms with van der Waals surface area (Å²) in [6, 6.07) is 0. The number of hydrogen-bond acceptors (Lipinski definition) is 3. The molecule has 3 aliphatic carbocycles. The summed E-state index contributed by atoms with van der Waals surface area (Å²) in [7, 11) is 0. The van der Waals surface area contributed by atoms with Crippen molar-refractivity contribution in [2.75, 3.05) is 0 Å². The lowest BCUT2D eigenvalue weighted by Crippen LogP contribution is -2.62. The molecule has 1 aliphatic heterocycles. The van der Waals surface area contributed by atoms with Crippen LogP contribution in [0.3, 0.4) is 0 Å². The summed E-state index contributed by atoms with van der Waals surface area (Å²) in [6.45, 7) is 8.96. The Kier molecular flexibility index (Phi) is 3.17. The maximum atomic E-state index is 12.2. The SMILES string of the molecule is CC1=CCC[C@]2(C)[C@H]3C[C@H](O)C(C)=C4CC(=O)O[C@H](C[C@@H]12)[C@@]43C. The minimum atomic E-state index is -0.406. The number of carbonyl (C=O) groups is 1. The first kappa shape index (κ1) is 15.4. The molecule has 0 bridgehead atoms. The Bertz CT molecular complexity index is 631. The molecule has 0 aromatic rings. The molecule has 0 unspecified atom stereocenters. The van der Waals surface area contributed by atoms with E-state index in [1.165, 1.54) is 17.6 Å². The molecule has 3 heteroatoms. The van der Waals surface area contributed by atoms with Gasteiger partial charge in [0.25, 0.3) is 0 Å². The van der Waals surface area contributed by atoms with Gasteiger partial charge in [-0.15, -0.1) is 0 Å². The summed E-state index contributed by atoms with van der Waals surface area (Å²) in [4.78, 5) is 12.2. The zero-order chi connectivity index (χ0) is 16.6. The van der Waals surface area contributed by atoms with E-state index in [9.17, 15) is 9.90 Å². The first-order valence-corrected chi connectivity index (χ1v) is 9.02. The Balaban J connectivity index is 1.90. The van der Waals surface area contributed by atoms with Gasteiger partial charge in [-0.2, -0.15) is 0 Å². The predicted octanol–water partition coefficient (Wildman–Crippen LogP) is 3.77. The van der Waals surface area contributed by atoms with Crippen molar-refractivity contribution in [2.24, 2.45) is 22.7 Å². The van der Waals surface area contributed by atoms with Crippen molar-refractivity contribution in [1.29, 1.82) is 0 Å². The molecular formula is C20H28O3. The molecule has 6 atom stereocenters. The van der Waals surface area contributed by atoms with E-state index in [1.54, 1.807) is 0 Å². The molecule has 4 aliphatic rings. The van der Waals surface area contributed by atoms with E-state index < -0.39 is 6.10 Å². The highest BCUT2D eigenvalue weighted by atomic mass is 16.5. The Morgan fingerprint density at radius 2 is 2.00 bits per heavy atom. The molecule has 1 heterocycles. The summed E-state index contributed by atoms with van der Waals surface area (Å²) in [5.74, 6) is 0.733. The Hall–Kier alpha value is -1.09. The molecule has 0 radical (unpaired) electrons. The number of aliphatic hydroxyl groups excluding tert-OH is 1. The minimum Gasteiger partial charge on any atom is -0.461 e. The van der Waals surface area contributed by atoms with Crippen LogP contribution in [0.4, 0.5) is 0 Å². The molecule has 3 nitrogen and oxygen atoms in total. The van der Waals surface area contributed by atoms with Gasteiger partial charge in [-0.3, -0.25) is 4.79 Å². The number of fused-ring (bicyclic) bond motifs is 2. The van der Waals surface area contributed by atoms with Crippen LogP contribution in [0.25, 0.3) is 0 Å². The van der Waals surface area contributed by atoms with Gasteiger partial charge in [0, 0.05) is 5.41 Å². The molecule has 0 aromatic heterocycles. The van der Waals surface area contributed by atoms with Crippen LogP contribution in [-0.2, 0) is 9.53 Å². The van der Waals surface area contributed by atoms with Crippen LogP contribution in [0.1, 0.15) is 59.8 Å². The number of hydrogen-bond donors (Lipinski definition) is 1. The van der Waals surface area contributed by atoms with Crippen molar-refractivity contribution >= 4 is 5.97 Å². The molecule has 126 valence electrons. The van der Waals surface area contributed by atoms with Gasteiger partial charge in [0.1, 0.15) is 6.10 Å². The normalized spacial score (nSPS) is 49.1. The van der Waals surface area contributed by atoms with Gasteiger partial charge < -0.3 is 9.84 Å². The van der Waals surface area contributed by atoms with Gasteiger partial charge in [0.15, 0.2) is 0 Å². The average Bonchev–Trinajstić information content (AvgIpc) is 2.48. The Morgan fingerprint density at radius 1 is 1.26 bits per heavy atom. The standard InChI is InChI=1S/C20H28O3/c1-11-6-5-7-19(3)13(11)8-17-20(4)14(9-18(22)23-17)12(2)15(21)10-16(19)20/h6,13,15-17,21H,5,7-10H2,1-4H3/t13-,15-,16+,17+,19-,20-/m0/s1. The molecule has 1 saturated heterocycles. The third kappa shape index (κ3) is 1.83. The van der Waals surface area contributed by atoms with Crippen molar-refractivity contribution in [3.05, 3.63) is 22.8 Å². The van der Waals surface area contributed by atoms with Crippen molar-refractivity contribution < 1.29 is 14.6 Å². The van der Waals surface area contributed by atoms with E-state index in [2.05, 4.69) is 26.8 Å². The van der Waals surface area contributed by atoms with Crippen molar-refractivity contribution in [2.45, 2.75) is 72.0 Å². The molecule has 0 spiro atoms. The summed E-state index contributed by atoms with van der Waals surface area (Å²) >= 11 is 0. The molecule has 0 aromatic carbocycles. The second kappa shape index (κ2) is 4.72. The quantitative estimate of drug-likeness (QED) is 0.546. The molecule has 2 fully saturated rings. The fourth-order valence-electron chi connectivity index (χ4n) is 6.48. The predicted molar refractivity (Wildman–Crippen MR) is 88.6 cm³/mol. The zero-order valence-corrected chi connectivity index (χ0v) is 14.7. The fraction of sp³-hybridized carbons (Fsp3) is 0.750. The van der Waals surface area contributed by atoms with Gasteiger partial charge in [0.2, 0.25) is 0 Å². The average molecular weight is 316 g/mol. The second-order valence-electron chi connectivity index (χ2n) is 8.68. The lowest BCUT2D eigenvalue weighted by atomic mass is 9.42. The van der Waals surface area contributed by atoms with Crippen molar-refractivity contribution in [3.8, 4) is 0 Å². The lowest BCUT2D eigenvalue weighted by molar-refractivity contribution is -0.190. The van der Waals surface area contributed by atoms with E-state index in [0.29, 0.717) is 18.3 Å². The Labute approximate surface area is 138 Å². The molecule has 4 rings (SSSR count). The van der Waals surface area contributed by atoms with Gasteiger partial charge in [-0.1, -0.05) is 25.5 Å². The van der Waals surface area contributed by atoms with Crippen LogP contribution in [0.5, 0.6) is 0 Å². The molecular weight excluding hydrogens is 288 g/mol. The summed E-state index contributed by atoms with van der Waals surface area (Å²) in [5, 5.41) is 10.7. The topological polar surface area (TPSA) is 46.5 Å². The van der Waals surface area contributed by atoms with Crippen LogP contribution in [0.15, 0.2) is 22.8 Å². The van der Waals surface area contributed by atoms with E-state index in [4.69, 9.17) is 4.74 Å². The first-order valence-electron chi connectivity index (χ1n) is 9.02. The summed E-state index contributed by atoms with van der Waals surface area (Å²) < 4.78 is 5.87. The van der Waals surface area contributed by atoms with E-state index in [-0.39, 0.29) is 22.9 Å². The first-order chi connectivity index (χ1) is 10.8. The maximum absolute atomic E-state index is 12.2. The third-order valence-corrected chi connectivity index (χ3v) is 7.81. The van der Waals surface area contributed by atoms with Crippen LogP contribution >= 0.6 is 0 Å². The number of aliphatic hydroxyl groups is 1. The second-order valence-corrected chi connectivity index (χ2v) is 8.68. The number of ether oxygens (including phenoxy) is 1. The summed E-state index contributed by atoms with van der Waals surface area (Å²) in [5.41, 5.74) is 3.75. The Morgan fingerprint density at radius 3 is 2.74 bits per heavy atom. The van der Waals surface area contributed by atoms with Crippen molar-refractivity contribution in [3.63, 3.8) is 0 Å². The van der Waals surface area contributed by atoms with Gasteiger partial charge in [-0.05, 0) is 67.9 Å².